The van der Waals surface area contributed by atoms with Crippen LogP contribution in [0.25, 0.3) is 11.0 Å². The van der Waals surface area contributed by atoms with Gasteiger partial charge in [0, 0.05) is 23.6 Å². The Bertz CT molecular complexity index is 816. The SMILES string of the molecule is CC(C)Oc1ccc2c(C(=O)NC3CCCCCCC3)cc(=O)oc2c1. The smallest absolute Gasteiger partial charge is 0.337 e. The van der Waals surface area contributed by atoms with E-state index in [1.54, 1.807) is 18.2 Å². The molecule has 0 bridgehead atoms. The highest BCUT2D eigenvalue weighted by Gasteiger charge is 2.18. The molecular weight excluding hydrogens is 330 g/mol. The lowest BCUT2D eigenvalue weighted by Gasteiger charge is -2.21. The molecule has 1 aliphatic carbocycles. The molecule has 1 saturated carbocycles. The van der Waals surface area contributed by atoms with Gasteiger partial charge in [-0.3, -0.25) is 4.79 Å². The Labute approximate surface area is 153 Å². The van der Waals surface area contributed by atoms with Crippen molar-refractivity contribution in [3.63, 3.8) is 0 Å². The first-order chi connectivity index (χ1) is 12.5. The summed E-state index contributed by atoms with van der Waals surface area (Å²) in [4.78, 5) is 24.8. The van der Waals surface area contributed by atoms with Crippen LogP contribution in [0.2, 0.25) is 0 Å². The predicted octanol–water partition coefficient (Wildman–Crippen LogP) is 4.42. The molecule has 1 amide bonds. The molecular formula is C21H27NO4. The van der Waals surface area contributed by atoms with Crippen LogP contribution in [0.1, 0.15) is 69.2 Å². The summed E-state index contributed by atoms with van der Waals surface area (Å²) in [5.41, 5.74) is 0.217. The highest BCUT2D eigenvalue weighted by atomic mass is 16.5. The van der Waals surface area contributed by atoms with Gasteiger partial charge >= 0.3 is 5.63 Å². The van der Waals surface area contributed by atoms with E-state index in [0.29, 0.717) is 22.3 Å². The number of rotatable bonds is 4. The first-order valence-electron chi connectivity index (χ1n) is 9.58. The maximum Gasteiger partial charge on any atom is 0.337 e. The van der Waals surface area contributed by atoms with Crippen LogP contribution in [0.5, 0.6) is 5.75 Å². The zero-order valence-corrected chi connectivity index (χ0v) is 15.5. The number of nitrogens with one attached hydrogen (secondary N) is 1. The normalized spacial score (nSPS) is 16.3. The van der Waals surface area contributed by atoms with E-state index in [2.05, 4.69) is 5.32 Å². The van der Waals surface area contributed by atoms with Crippen molar-refractivity contribution in [3.8, 4) is 5.75 Å². The van der Waals surface area contributed by atoms with Crippen LogP contribution in [0.3, 0.4) is 0 Å². The van der Waals surface area contributed by atoms with Crippen LogP contribution in [0.15, 0.2) is 33.5 Å². The predicted molar refractivity (Wildman–Crippen MR) is 102 cm³/mol. The Morgan fingerprint density at radius 2 is 1.81 bits per heavy atom. The van der Waals surface area contributed by atoms with Gasteiger partial charge in [0.15, 0.2) is 0 Å². The Kier molecular flexibility index (Phi) is 5.96. The minimum Gasteiger partial charge on any atom is -0.491 e. The molecule has 0 saturated heterocycles. The van der Waals surface area contributed by atoms with Gasteiger partial charge < -0.3 is 14.5 Å². The molecule has 1 aromatic carbocycles. The van der Waals surface area contributed by atoms with Gasteiger partial charge in [-0.1, -0.05) is 32.1 Å². The number of carbonyl (C=O) groups is 1. The molecule has 3 rings (SSSR count). The summed E-state index contributed by atoms with van der Waals surface area (Å²) in [5, 5.41) is 3.75. The molecule has 0 aliphatic heterocycles. The third kappa shape index (κ3) is 4.65. The monoisotopic (exact) mass is 357 g/mol. The maximum atomic E-state index is 12.8. The van der Waals surface area contributed by atoms with Gasteiger partial charge in [-0.15, -0.1) is 0 Å². The highest BCUT2D eigenvalue weighted by Crippen LogP contribution is 2.24. The summed E-state index contributed by atoms with van der Waals surface area (Å²) < 4.78 is 10.9. The van der Waals surface area contributed by atoms with Gasteiger partial charge in [0.2, 0.25) is 0 Å². The topological polar surface area (TPSA) is 68.5 Å². The van der Waals surface area contributed by atoms with Crippen molar-refractivity contribution in [1.29, 1.82) is 0 Å². The summed E-state index contributed by atoms with van der Waals surface area (Å²) >= 11 is 0. The van der Waals surface area contributed by atoms with Gasteiger partial charge in [-0.05, 0) is 38.8 Å². The molecule has 5 heteroatoms. The number of fused-ring (bicyclic) bond motifs is 1. The Morgan fingerprint density at radius 3 is 2.50 bits per heavy atom. The molecule has 1 aliphatic rings. The number of hydrogen-bond donors (Lipinski definition) is 1. The van der Waals surface area contributed by atoms with Crippen LogP contribution < -0.4 is 15.7 Å². The number of ether oxygens (including phenoxy) is 1. The van der Waals surface area contributed by atoms with Crippen LogP contribution in [0, 0.1) is 0 Å². The average Bonchev–Trinajstić information content (AvgIpc) is 2.55. The van der Waals surface area contributed by atoms with Crippen LogP contribution in [-0.2, 0) is 0 Å². The van der Waals surface area contributed by atoms with Gasteiger partial charge in [0.05, 0.1) is 11.7 Å². The van der Waals surface area contributed by atoms with Gasteiger partial charge in [-0.2, -0.15) is 0 Å². The lowest BCUT2D eigenvalue weighted by molar-refractivity contribution is 0.0931. The van der Waals surface area contributed by atoms with Crippen LogP contribution >= 0.6 is 0 Å². The fraction of sp³-hybridized carbons (Fsp3) is 0.524. The van der Waals surface area contributed by atoms with E-state index in [0.717, 1.165) is 25.7 Å². The second-order valence-corrected chi connectivity index (χ2v) is 7.32. The van der Waals surface area contributed by atoms with Crippen molar-refractivity contribution in [1.82, 2.24) is 5.32 Å². The number of benzene rings is 1. The third-order valence-corrected chi connectivity index (χ3v) is 4.77. The first-order valence-corrected chi connectivity index (χ1v) is 9.58. The Morgan fingerprint density at radius 1 is 1.12 bits per heavy atom. The first kappa shape index (κ1) is 18.5. The van der Waals surface area contributed by atoms with E-state index < -0.39 is 5.63 Å². The van der Waals surface area contributed by atoms with E-state index in [1.165, 1.54) is 25.3 Å². The minimum absolute atomic E-state index is 0.0185. The van der Waals surface area contributed by atoms with Gasteiger partial charge in [-0.25, -0.2) is 4.79 Å². The Hall–Kier alpha value is -2.30. The van der Waals surface area contributed by atoms with Gasteiger partial charge in [0.1, 0.15) is 11.3 Å². The number of carbonyl (C=O) groups excluding carboxylic acids is 1. The fourth-order valence-corrected chi connectivity index (χ4v) is 3.54. The largest absolute Gasteiger partial charge is 0.491 e. The molecule has 1 fully saturated rings. The molecule has 0 radical (unpaired) electrons. The molecule has 0 atom stereocenters. The molecule has 1 N–H and O–H groups in total. The molecule has 0 spiro atoms. The fourth-order valence-electron chi connectivity index (χ4n) is 3.54. The van der Waals surface area contributed by atoms with E-state index in [9.17, 15) is 9.59 Å². The van der Waals surface area contributed by atoms with Crippen LogP contribution in [0.4, 0.5) is 0 Å². The molecule has 2 aromatic rings. The summed E-state index contributed by atoms with van der Waals surface area (Å²) in [7, 11) is 0. The second kappa shape index (κ2) is 8.39. The maximum absolute atomic E-state index is 12.8. The van der Waals surface area contributed by atoms with Crippen molar-refractivity contribution in [2.75, 3.05) is 0 Å². The van der Waals surface area contributed by atoms with Crippen molar-refractivity contribution in [3.05, 3.63) is 40.2 Å². The second-order valence-electron chi connectivity index (χ2n) is 7.32. The van der Waals surface area contributed by atoms with Crippen molar-refractivity contribution in [2.24, 2.45) is 0 Å². The van der Waals surface area contributed by atoms with Gasteiger partial charge in [0.25, 0.3) is 5.91 Å². The van der Waals surface area contributed by atoms with E-state index in [4.69, 9.17) is 9.15 Å². The molecule has 26 heavy (non-hydrogen) atoms. The van der Waals surface area contributed by atoms with E-state index in [-0.39, 0.29) is 18.1 Å². The molecule has 5 nitrogen and oxygen atoms in total. The van der Waals surface area contributed by atoms with Crippen LogP contribution in [-0.4, -0.2) is 18.1 Å². The van der Waals surface area contributed by atoms with Crippen molar-refractivity contribution in [2.45, 2.75) is 70.9 Å². The zero-order valence-electron chi connectivity index (χ0n) is 15.5. The minimum atomic E-state index is -0.526. The molecule has 140 valence electrons. The lowest BCUT2D eigenvalue weighted by atomic mass is 9.96. The summed E-state index contributed by atoms with van der Waals surface area (Å²) in [5.74, 6) is 0.416. The quantitative estimate of drug-likeness (QED) is 0.822. The summed E-state index contributed by atoms with van der Waals surface area (Å²) in [6, 6.07) is 6.71. The lowest BCUT2D eigenvalue weighted by Crippen LogP contribution is -2.35. The number of hydrogen-bond acceptors (Lipinski definition) is 4. The number of amides is 1. The highest BCUT2D eigenvalue weighted by molar-refractivity contribution is 6.05. The van der Waals surface area contributed by atoms with E-state index >= 15 is 0 Å². The van der Waals surface area contributed by atoms with E-state index in [1.807, 2.05) is 13.8 Å². The van der Waals surface area contributed by atoms with Crippen molar-refractivity contribution < 1.29 is 13.9 Å². The zero-order chi connectivity index (χ0) is 18.5. The molecule has 1 aromatic heterocycles. The average molecular weight is 357 g/mol. The summed E-state index contributed by atoms with van der Waals surface area (Å²) in [6.45, 7) is 3.86. The summed E-state index contributed by atoms with van der Waals surface area (Å²) in [6.07, 6.45) is 8.02. The molecule has 0 unspecified atom stereocenters. The van der Waals surface area contributed by atoms with Crippen molar-refractivity contribution >= 4 is 16.9 Å². The molecule has 1 heterocycles. The Balaban J connectivity index is 1.85. The standard InChI is InChI=1S/C21H27NO4/c1-14(2)25-16-10-11-17-18(13-20(23)26-19(17)12-16)21(24)22-15-8-6-4-3-5-7-9-15/h10-15H,3-9H2,1-2H3,(H,22,24). The third-order valence-electron chi connectivity index (χ3n) is 4.77.